The lowest BCUT2D eigenvalue weighted by Gasteiger charge is -2.35. The van der Waals surface area contributed by atoms with E-state index in [0.29, 0.717) is 12.0 Å². The zero-order chi connectivity index (χ0) is 21.3. The molecule has 168 valence electrons. The van der Waals surface area contributed by atoms with E-state index in [-0.39, 0.29) is 5.82 Å². The van der Waals surface area contributed by atoms with Crippen LogP contribution in [0.4, 0.5) is 10.1 Å². The second-order valence-electron chi connectivity index (χ2n) is 9.27. The molecule has 2 heterocycles. The van der Waals surface area contributed by atoms with E-state index < -0.39 is 0 Å². The summed E-state index contributed by atoms with van der Waals surface area (Å²) < 4.78 is 13.5. The minimum Gasteiger partial charge on any atom is -0.371 e. The molecule has 1 atom stereocenters. The number of benzene rings is 1. The van der Waals surface area contributed by atoms with E-state index in [1.54, 1.807) is 12.1 Å². The first kappa shape index (κ1) is 22.9. The molecule has 0 saturated carbocycles. The number of rotatable bonds is 7. The molecule has 1 unspecified atom stereocenters. The second-order valence-corrected chi connectivity index (χ2v) is 9.27. The van der Waals surface area contributed by atoms with E-state index in [4.69, 9.17) is 4.99 Å². The van der Waals surface area contributed by atoms with Crippen molar-refractivity contribution < 1.29 is 4.39 Å². The average molecular weight is 418 g/mol. The van der Waals surface area contributed by atoms with Crippen molar-refractivity contribution >= 4 is 11.6 Å². The molecule has 3 rings (SSSR count). The van der Waals surface area contributed by atoms with Gasteiger partial charge in [-0.25, -0.2) is 4.39 Å². The van der Waals surface area contributed by atoms with Crippen LogP contribution in [-0.2, 0) is 0 Å². The number of aliphatic imine (C=N–C) groups is 1. The molecule has 2 saturated heterocycles. The first-order valence-corrected chi connectivity index (χ1v) is 11.8. The van der Waals surface area contributed by atoms with Crippen molar-refractivity contribution in [1.82, 2.24) is 15.5 Å². The molecule has 0 bridgehead atoms. The Labute approximate surface area is 182 Å². The highest BCUT2D eigenvalue weighted by Crippen LogP contribution is 2.21. The Bertz CT molecular complexity index is 669. The van der Waals surface area contributed by atoms with Gasteiger partial charge in [-0.2, -0.15) is 0 Å². The summed E-state index contributed by atoms with van der Waals surface area (Å²) in [5.74, 6) is 2.17. The molecule has 6 heteroatoms. The van der Waals surface area contributed by atoms with Crippen LogP contribution in [0.2, 0.25) is 0 Å². The fraction of sp³-hybridized carbons (Fsp3) is 0.708. The topological polar surface area (TPSA) is 42.9 Å². The van der Waals surface area contributed by atoms with Gasteiger partial charge in [0.15, 0.2) is 5.96 Å². The molecule has 2 N–H and O–H groups in total. The standard InChI is InChI=1S/C24H40FN5/c1-4-26-24(27-16-20-7-6-12-29(18-20)17-19(2)3)28-22-10-13-30(14-11-22)23-9-5-8-21(25)15-23/h5,8-9,15,19-20,22H,4,6-7,10-14,16-18H2,1-3H3,(H2,26,27,28). The predicted molar refractivity (Wildman–Crippen MR) is 125 cm³/mol. The zero-order valence-electron chi connectivity index (χ0n) is 19.0. The van der Waals surface area contributed by atoms with Crippen LogP contribution in [0.1, 0.15) is 46.5 Å². The Balaban J connectivity index is 1.48. The molecule has 2 aliphatic rings. The number of anilines is 1. The first-order valence-electron chi connectivity index (χ1n) is 11.8. The third-order valence-electron chi connectivity index (χ3n) is 6.09. The Kier molecular flexibility index (Phi) is 8.79. The van der Waals surface area contributed by atoms with Gasteiger partial charge in [0.2, 0.25) is 0 Å². The summed E-state index contributed by atoms with van der Waals surface area (Å²) in [5, 5.41) is 7.07. The molecule has 1 aromatic rings. The minimum atomic E-state index is -0.163. The Morgan fingerprint density at radius 1 is 1.20 bits per heavy atom. The van der Waals surface area contributed by atoms with Crippen molar-refractivity contribution in [1.29, 1.82) is 0 Å². The summed E-state index contributed by atoms with van der Waals surface area (Å²) in [6, 6.07) is 7.33. The van der Waals surface area contributed by atoms with Gasteiger partial charge < -0.3 is 20.4 Å². The number of piperidine rings is 2. The number of hydrogen-bond acceptors (Lipinski definition) is 3. The number of likely N-dealkylation sites (tertiary alicyclic amines) is 1. The van der Waals surface area contributed by atoms with E-state index >= 15 is 0 Å². The van der Waals surface area contributed by atoms with Gasteiger partial charge >= 0.3 is 0 Å². The van der Waals surface area contributed by atoms with Gasteiger partial charge in [-0.15, -0.1) is 0 Å². The van der Waals surface area contributed by atoms with Crippen molar-refractivity contribution in [3.05, 3.63) is 30.1 Å². The Morgan fingerprint density at radius 2 is 2.00 bits per heavy atom. The summed E-state index contributed by atoms with van der Waals surface area (Å²) in [6.07, 6.45) is 4.64. The van der Waals surface area contributed by atoms with Gasteiger partial charge in [-0.05, 0) is 69.2 Å². The molecule has 0 spiro atoms. The molecule has 2 fully saturated rings. The van der Waals surface area contributed by atoms with E-state index in [0.717, 1.165) is 56.6 Å². The highest BCUT2D eigenvalue weighted by molar-refractivity contribution is 5.80. The minimum absolute atomic E-state index is 0.163. The molecular weight excluding hydrogens is 377 g/mol. The lowest BCUT2D eigenvalue weighted by atomic mass is 9.97. The Hall–Kier alpha value is -1.82. The molecule has 1 aromatic carbocycles. The summed E-state index contributed by atoms with van der Waals surface area (Å²) in [7, 11) is 0. The zero-order valence-corrected chi connectivity index (χ0v) is 19.0. The van der Waals surface area contributed by atoms with E-state index in [2.05, 4.69) is 41.2 Å². The SMILES string of the molecule is CCNC(=NCC1CCCN(CC(C)C)C1)NC1CCN(c2cccc(F)c2)CC1. The average Bonchev–Trinajstić information content (AvgIpc) is 2.72. The number of guanidine groups is 1. The fourth-order valence-corrected chi connectivity index (χ4v) is 4.67. The van der Waals surface area contributed by atoms with Crippen molar-refractivity contribution in [3.8, 4) is 0 Å². The molecule has 5 nitrogen and oxygen atoms in total. The van der Waals surface area contributed by atoms with Crippen molar-refractivity contribution in [2.75, 3.05) is 50.7 Å². The quantitative estimate of drug-likeness (QED) is 0.524. The summed E-state index contributed by atoms with van der Waals surface area (Å²) in [6.45, 7) is 14.0. The normalized spacial score (nSPS) is 21.8. The highest BCUT2D eigenvalue weighted by Gasteiger charge is 2.22. The number of nitrogens with one attached hydrogen (secondary N) is 2. The van der Waals surface area contributed by atoms with E-state index in [1.807, 2.05) is 6.07 Å². The van der Waals surface area contributed by atoms with Crippen LogP contribution in [0, 0.1) is 17.7 Å². The van der Waals surface area contributed by atoms with Crippen LogP contribution in [0.25, 0.3) is 0 Å². The van der Waals surface area contributed by atoms with Crippen molar-refractivity contribution in [3.63, 3.8) is 0 Å². The predicted octanol–water partition coefficient (Wildman–Crippen LogP) is 3.72. The van der Waals surface area contributed by atoms with Crippen LogP contribution < -0.4 is 15.5 Å². The van der Waals surface area contributed by atoms with Gasteiger partial charge in [0.25, 0.3) is 0 Å². The smallest absolute Gasteiger partial charge is 0.191 e. The monoisotopic (exact) mass is 417 g/mol. The van der Waals surface area contributed by atoms with Gasteiger partial charge in [-0.1, -0.05) is 19.9 Å². The second kappa shape index (κ2) is 11.5. The van der Waals surface area contributed by atoms with Crippen LogP contribution in [0.5, 0.6) is 0 Å². The highest BCUT2D eigenvalue weighted by atomic mass is 19.1. The van der Waals surface area contributed by atoms with Crippen molar-refractivity contribution in [2.24, 2.45) is 16.8 Å². The fourth-order valence-electron chi connectivity index (χ4n) is 4.67. The maximum atomic E-state index is 13.5. The van der Waals surface area contributed by atoms with E-state index in [9.17, 15) is 4.39 Å². The molecule has 0 aromatic heterocycles. The molecular formula is C24H40FN5. The lowest BCUT2D eigenvalue weighted by molar-refractivity contribution is 0.162. The molecule has 0 amide bonds. The number of halogens is 1. The molecule has 30 heavy (non-hydrogen) atoms. The van der Waals surface area contributed by atoms with Crippen LogP contribution in [0.15, 0.2) is 29.3 Å². The van der Waals surface area contributed by atoms with Gasteiger partial charge in [0.05, 0.1) is 0 Å². The third-order valence-corrected chi connectivity index (χ3v) is 6.09. The Morgan fingerprint density at radius 3 is 2.70 bits per heavy atom. The van der Waals surface area contributed by atoms with Gasteiger partial charge in [0, 0.05) is 51.0 Å². The number of nitrogens with zero attached hydrogens (tertiary/aromatic N) is 3. The van der Waals surface area contributed by atoms with Gasteiger partial charge in [-0.3, -0.25) is 4.99 Å². The maximum absolute atomic E-state index is 13.5. The third kappa shape index (κ3) is 7.15. The molecule has 0 radical (unpaired) electrons. The lowest BCUT2D eigenvalue weighted by Crippen LogP contribution is -2.49. The van der Waals surface area contributed by atoms with Crippen LogP contribution >= 0.6 is 0 Å². The van der Waals surface area contributed by atoms with Gasteiger partial charge in [0.1, 0.15) is 5.82 Å². The first-order chi connectivity index (χ1) is 14.5. The number of hydrogen-bond donors (Lipinski definition) is 2. The summed E-state index contributed by atoms with van der Waals surface area (Å²) in [5.41, 5.74) is 0.984. The van der Waals surface area contributed by atoms with Crippen LogP contribution in [0.3, 0.4) is 0 Å². The molecule has 0 aliphatic carbocycles. The molecule has 2 aliphatic heterocycles. The van der Waals surface area contributed by atoms with Crippen LogP contribution in [-0.4, -0.2) is 62.7 Å². The summed E-state index contributed by atoms with van der Waals surface area (Å²) in [4.78, 5) is 9.82. The van der Waals surface area contributed by atoms with Crippen molar-refractivity contribution in [2.45, 2.75) is 52.5 Å². The summed E-state index contributed by atoms with van der Waals surface area (Å²) >= 11 is 0. The van der Waals surface area contributed by atoms with E-state index in [1.165, 1.54) is 38.5 Å². The largest absolute Gasteiger partial charge is 0.371 e. The maximum Gasteiger partial charge on any atom is 0.191 e.